The Morgan fingerprint density at radius 2 is 1.83 bits per heavy atom. The lowest BCUT2D eigenvalue weighted by atomic mass is 9.96. The Bertz CT molecular complexity index is 1030. The van der Waals surface area contributed by atoms with E-state index in [1.54, 1.807) is 30.0 Å². The molecule has 1 amide bonds. The fourth-order valence-electron chi connectivity index (χ4n) is 3.84. The molecule has 2 aromatic rings. The largest absolute Gasteiger partial charge is 0.466 e. The van der Waals surface area contributed by atoms with Gasteiger partial charge in [0.25, 0.3) is 5.91 Å². The monoisotopic (exact) mass is 514 g/mol. The van der Waals surface area contributed by atoms with Crippen LogP contribution in [0.4, 0.5) is 5.82 Å². The summed E-state index contributed by atoms with van der Waals surface area (Å²) in [5.41, 5.74) is 1.69. The van der Waals surface area contributed by atoms with Gasteiger partial charge in [-0.2, -0.15) is 0 Å². The molecule has 1 aromatic heterocycles. The number of esters is 1. The predicted octanol–water partition coefficient (Wildman–Crippen LogP) is 5.02. The van der Waals surface area contributed by atoms with Gasteiger partial charge in [-0.15, -0.1) is 13.2 Å². The molecule has 186 valence electrons. The highest BCUT2D eigenvalue weighted by Gasteiger charge is 2.28. The number of rotatable bonds is 11. The van der Waals surface area contributed by atoms with Crippen molar-refractivity contribution in [1.82, 2.24) is 14.9 Å². The number of piperidine rings is 1. The number of hydrogen-bond donors (Lipinski definition) is 0. The quantitative estimate of drug-likeness (QED) is 0.137. The molecule has 3 rings (SSSR count). The van der Waals surface area contributed by atoms with Gasteiger partial charge in [0.2, 0.25) is 0 Å². The van der Waals surface area contributed by atoms with Gasteiger partial charge >= 0.3 is 5.97 Å². The molecule has 0 unspecified atom stereocenters. The molecule has 0 aliphatic carbocycles. The number of benzene rings is 1. The fourth-order valence-corrected chi connectivity index (χ4v) is 4.87. The molecule has 7 nitrogen and oxygen atoms in total. The van der Waals surface area contributed by atoms with Crippen molar-refractivity contribution < 1.29 is 14.3 Å². The number of anilines is 1. The molecule has 2 heterocycles. The summed E-state index contributed by atoms with van der Waals surface area (Å²) >= 11 is 7.72. The Balaban J connectivity index is 1.57. The zero-order valence-electron chi connectivity index (χ0n) is 20.0. The molecule has 0 atom stereocenters. The minimum atomic E-state index is -0.161. The van der Waals surface area contributed by atoms with Gasteiger partial charge in [0.05, 0.1) is 12.5 Å². The summed E-state index contributed by atoms with van der Waals surface area (Å²) in [4.78, 5) is 37.6. The molecule has 0 spiro atoms. The van der Waals surface area contributed by atoms with E-state index >= 15 is 0 Å². The number of carbonyl (C=O) groups excluding carboxylic acids is 2. The zero-order chi connectivity index (χ0) is 25.2. The van der Waals surface area contributed by atoms with Crippen LogP contribution >= 0.6 is 23.4 Å². The molecule has 0 saturated carbocycles. The van der Waals surface area contributed by atoms with Crippen LogP contribution in [0, 0.1) is 5.92 Å². The first-order valence-corrected chi connectivity index (χ1v) is 13.0. The highest BCUT2D eigenvalue weighted by Crippen LogP contribution is 2.25. The van der Waals surface area contributed by atoms with Crippen molar-refractivity contribution in [3.8, 4) is 0 Å². The molecular weight excluding hydrogens is 484 g/mol. The van der Waals surface area contributed by atoms with Gasteiger partial charge in [0, 0.05) is 43.6 Å². The number of carbonyl (C=O) groups is 2. The maximum atomic E-state index is 12.9. The average molecular weight is 515 g/mol. The summed E-state index contributed by atoms with van der Waals surface area (Å²) in [5, 5.41) is 0.957. The molecule has 1 aliphatic rings. The number of hydrogen-bond acceptors (Lipinski definition) is 7. The molecule has 35 heavy (non-hydrogen) atoms. The first-order valence-electron chi connectivity index (χ1n) is 11.6. The van der Waals surface area contributed by atoms with Crippen LogP contribution in [-0.4, -0.2) is 59.5 Å². The predicted molar refractivity (Wildman–Crippen MR) is 141 cm³/mol. The van der Waals surface area contributed by atoms with Gasteiger partial charge < -0.3 is 14.5 Å². The van der Waals surface area contributed by atoms with Crippen molar-refractivity contribution in [1.29, 1.82) is 0 Å². The lowest BCUT2D eigenvalue weighted by molar-refractivity contribution is -0.149. The van der Waals surface area contributed by atoms with E-state index in [-0.39, 0.29) is 17.8 Å². The summed E-state index contributed by atoms with van der Waals surface area (Å²) < 4.78 is 5.11. The van der Waals surface area contributed by atoms with E-state index < -0.39 is 0 Å². The third kappa shape index (κ3) is 7.57. The summed E-state index contributed by atoms with van der Waals surface area (Å²) in [6, 6.07) is 9.30. The summed E-state index contributed by atoms with van der Waals surface area (Å²) in [6.07, 6.45) is 4.88. The molecule has 1 fully saturated rings. The normalized spacial score (nSPS) is 13.8. The first-order chi connectivity index (χ1) is 16.9. The number of thioether (sulfide) groups is 1. The number of halogens is 1. The van der Waals surface area contributed by atoms with Gasteiger partial charge in [-0.1, -0.05) is 47.6 Å². The van der Waals surface area contributed by atoms with Crippen LogP contribution in [0.15, 0.2) is 60.8 Å². The minimum absolute atomic E-state index is 0.0149. The standard InChI is InChI=1S/C26H31ClN4O3S/c1-4-13-30(14-5-2)23-17-22(27)28-26(29-23)35-18-19-7-9-20(10-8-19)24(32)31-15-11-21(12-16-31)25(33)34-6-3/h4-5,7-10,17,21H,1-2,6,11-16,18H2,3H3. The van der Waals surface area contributed by atoms with Crippen LogP contribution < -0.4 is 4.90 Å². The second-order valence-corrected chi connectivity index (χ2v) is 9.45. The van der Waals surface area contributed by atoms with Crippen LogP contribution in [0.2, 0.25) is 5.15 Å². The summed E-state index contributed by atoms with van der Waals surface area (Å²) in [6.45, 7) is 12.1. The number of ether oxygens (including phenoxy) is 1. The van der Waals surface area contributed by atoms with Crippen LogP contribution in [0.5, 0.6) is 0 Å². The Labute approximate surface area is 216 Å². The Hall–Kier alpha value is -2.84. The number of likely N-dealkylation sites (tertiary alicyclic amines) is 1. The average Bonchev–Trinajstić information content (AvgIpc) is 2.87. The number of amides is 1. The van der Waals surface area contributed by atoms with Crippen LogP contribution in [0.25, 0.3) is 0 Å². The van der Waals surface area contributed by atoms with E-state index in [1.165, 1.54) is 11.8 Å². The van der Waals surface area contributed by atoms with Crippen molar-refractivity contribution in [2.75, 3.05) is 37.7 Å². The Morgan fingerprint density at radius 1 is 1.17 bits per heavy atom. The van der Waals surface area contributed by atoms with E-state index in [2.05, 4.69) is 23.1 Å². The molecule has 1 aromatic carbocycles. The second kappa shape index (κ2) is 13.3. The SMILES string of the molecule is C=CCN(CC=C)c1cc(Cl)nc(SCc2ccc(C(=O)N3CCC(C(=O)OCC)CC3)cc2)n1. The van der Waals surface area contributed by atoms with Gasteiger partial charge in [-0.25, -0.2) is 9.97 Å². The lowest BCUT2D eigenvalue weighted by Gasteiger charge is -2.31. The smallest absolute Gasteiger partial charge is 0.309 e. The van der Waals surface area contributed by atoms with E-state index in [9.17, 15) is 9.59 Å². The first kappa shape index (κ1) is 26.8. The van der Waals surface area contributed by atoms with Crippen LogP contribution in [0.1, 0.15) is 35.7 Å². The third-order valence-electron chi connectivity index (χ3n) is 5.65. The third-order valence-corrected chi connectivity index (χ3v) is 6.77. The number of aromatic nitrogens is 2. The van der Waals surface area contributed by atoms with E-state index in [0.29, 0.717) is 67.3 Å². The Kier molecular flexibility index (Phi) is 10.2. The number of nitrogens with zero attached hydrogens (tertiary/aromatic N) is 4. The van der Waals surface area contributed by atoms with E-state index in [4.69, 9.17) is 16.3 Å². The van der Waals surface area contributed by atoms with Crippen molar-refractivity contribution in [3.63, 3.8) is 0 Å². The zero-order valence-corrected chi connectivity index (χ0v) is 21.6. The molecule has 1 saturated heterocycles. The van der Waals surface area contributed by atoms with Gasteiger partial charge in [-0.05, 0) is 37.5 Å². The Morgan fingerprint density at radius 3 is 2.43 bits per heavy atom. The minimum Gasteiger partial charge on any atom is -0.466 e. The van der Waals surface area contributed by atoms with Gasteiger partial charge in [-0.3, -0.25) is 9.59 Å². The van der Waals surface area contributed by atoms with Gasteiger partial charge in [0.15, 0.2) is 5.16 Å². The van der Waals surface area contributed by atoms with Crippen LogP contribution in [0.3, 0.4) is 0 Å². The van der Waals surface area contributed by atoms with Crippen molar-refractivity contribution in [2.45, 2.75) is 30.7 Å². The molecule has 0 bridgehead atoms. The maximum Gasteiger partial charge on any atom is 0.309 e. The molecular formula is C26H31ClN4O3S. The topological polar surface area (TPSA) is 75.6 Å². The lowest BCUT2D eigenvalue weighted by Crippen LogP contribution is -2.40. The molecule has 0 N–H and O–H groups in total. The summed E-state index contributed by atoms with van der Waals surface area (Å²) in [5.74, 6) is 1.07. The molecule has 1 aliphatic heterocycles. The molecule has 9 heteroatoms. The molecule has 0 radical (unpaired) electrons. The highest BCUT2D eigenvalue weighted by atomic mass is 35.5. The highest BCUT2D eigenvalue weighted by molar-refractivity contribution is 7.98. The van der Waals surface area contributed by atoms with Crippen molar-refractivity contribution >= 4 is 41.1 Å². The van der Waals surface area contributed by atoms with Crippen molar-refractivity contribution in [2.24, 2.45) is 5.92 Å². The fraction of sp³-hybridized carbons (Fsp3) is 0.385. The maximum absolute atomic E-state index is 12.9. The summed E-state index contributed by atoms with van der Waals surface area (Å²) in [7, 11) is 0. The second-order valence-electron chi connectivity index (χ2n) is 8.12. The van der Waals surface area contributed by atoms with Crippen molar-refractivity contribution in [3.05, 3.63) is 71.9 Å². The van der Waals surface area contributed by atoms with E-state index in [0.717, 1.165) is 11.4 Å². The van der Waals surface area contributed by atoms with Gasteiger partial charge in [0.1, 0.15) is 11.0 Å². The van der Waals surface area contributed by atoms with Crippen LogP contribution in [-0.2, 0) is 15.3 Å². The van der Waals surface area contributed by atoms with E-state index in [1.807, 2.05) is 29.2 Å².